The molecule has 6 heteroatoms. The predicted molar refractivity (Wildman–Crippen MR) is 95.1 cm³/mol. The second-order valence-corrected chi connectivity index (χ2v) is 7.93. The number of hydrogen-bond acceptors (Lipinski definition) is 5. The van der Waals surface area contributed by atoms with Gasteiger partial charge in [-0.15, -0.1) is 0 Å². The van der Waals surface area contributed by atoms with Gasteiger partial charge in [0, 0.05) is 25.0 Å². The van der Waals surface area contributed by atoms with E-state index in [9.17, 15) is 4.79 Å². The number of carbonyl (C=O) groups excluding carboxylic acids is 1. The average molecular weight is 337 g/mol. The third-order valence-corrected chi connectivity index (χ3v) is 5.37. The molecule has 6 nitrogen and oxygen atoms in total. The second-order valence-electron chi connectivity index (χ2n) is 7.93. The fourth-order valence-electron chi connectivity index (χ4n) is 4.30. The summed E-state index contributed by atoms with van der Waals surface area (Å²) in [6, 6.07) is 6.30. The van der Waals surface area contributed by atoms with E-state index in [1.807, 2.05) is 0 Å². The largest absolute Gasteiger partial charge is 0.316 e. The molecule has 0 saturated carbocycles. The molecule has 1 spiro atoms. The van der Waals surface area contributed by atoms with Crippen molar-refractivity contribution in [3.8, 4) is 11.1 Å². The Bertz CT molecular complexity index is 835. The summed E-state index contributed by atoms with van der Waals surface area (Å²) in [5.41, 5.74) is 9.56. The van der Waals surface area contributed by atoms with Crippen LogP contribution in [0.5, 0.6) is 0 Å². The Balaban J connectivity index is 1.90. The van der Waals surface area contributed by atoms with Crippen LogP contribution in [0.1, 0.15) is 31.4 Å². The summed E-state index contributed by atoms with van der Waals surface area (Å²) >= 11 is 0. The molecule has 2 heterocycles. The van der Waals surface area contributed by atoms with E-state index in [0.717, 1.165) is 29.5 Å². The van der Waals surface area contributed by atoms with Crippen LogP contribution >= 0.6 is 0 Å². The number of carbonyl (C=O) groups is 1. The summed E-state index contributed by atoms with van der Waals surface area (Å²) in [6.07, 6.45) is 6.27. The molecular weight excluding hydrogens is 314 g/mol. The highest BCUT2D eigenvalue weighted by Crippen LogP contribution is 2.48. The van der Waals surface area contributed by atoms with E-state index >= 15 is 0 Å². The molecule has 130 valence electrons. The Labute approximate surface area is 147 Å². The molecule has 1 saturated heterocycles. The third-order valence-electron chi connectivity index (χ3n) is 5.37. The molecule has 2 aliphatic rings. The normalized spacial score (nSPS) is 27.6. The van der Waals surface area contributed by atoms with Gasteiger partial charge in [-0.1, -0.05) is 26.0 Å². The van der Waals surface area contributed by atoms with Crippen LogP contribution in [0.25, 0.3) is 11.1 Å². The Morgan fingerprint density at radius 2 is 1.96 bits per heavy atom. The van der Waals surface area contributed by atoms with E-state index in [2.05, 4.69) is 47.3 Å². The van der Waals surface area contributed by atoms with Crippen molar-refractivity contribution in [2.45, 2.75) is 38.5 Å². The molecule has 1 aliphatic heterocycles. The first-order valence-corrected chi connectivity index (χ1v) is 8.52. The monoisotopic (exact) mass is 337 g/mol. The smallest absolute Gasteiger partial charge is 0.249 e. The number of fused-ring (bicyclic) bond motifs is 2. The molecule has 2 aromatic rings. The summed E-state index contributed by atoms with van der Waals surface area (Å²) in [6.45, 7) is 4.41. The molecule has 1 unspecified atom stereocenters. The van der Waals surface area contributed by atoms with E-state index in [1.165, 1.54) is 11.9 Å². The van der Waals surface area contributed by atoms with Crippen LogP contribution in [0, 0.1) is 5.41 Å². The minimum atomic E-state index is -0.767. The Morgan fingerprint density at radius 1 is 1.24 bits per heavy atom. The first-order valence-electron chi connectivity index (χ1n) is 8.52. The fourth-order valence-corrected chi connectivity index (χ4v) is 4.30. The van der Waals surface area contributed by atoms with Gasteiger partial charge in [0.1, 0.15) is 18.2 Å². The number of hydrogen-bond donors (Lipinski definition) is 2. The maximum absolute atomic E-state index is 13.1. The minimum Gasteiger partial charge on any atom is -0.316 e. The van der Waals surface area contributed by atoms with Gasteiger partial charge in [-0.3, -0.25) is 15.8 Å². The second kappa shape index (κ2) is 5.34. The Kier molecular flexibility index (Phi) is 3.46. The lowest BCUT2D eigenvalue weighted by Crippen LogP contribution is -2.52. The highest BCUT2D eigenvalue weighted by atomic mass is 16.2. The number of likely N-dealkylation sites (N-methyl/N-ethyl adjacent to an activating group) is 1. The molecule has 0 radical (unpaired) electrons. The van der Waals surface area contributed by atoms with Gasteiger partial charge in [-0.05, 0) is 41.0 Å². The SMILES string of the molecule is CN1C(=O)[C@]2(CC(C)(C)Cc3ccc(-c4cncnc4)cc32)NC1N. The number of amides is 1. The lowest BCUT2D eigenvalue weighted by atomic mass is 9.64. The number of benzene rings is 1. The summed E-state index contributed by atoms with van der Waals surface area (Å²) < 4.78 is 0. The molecule has 1 fully saturated rings. The number of aromatic nitrogens is 2. The van der Waals surface area contributed by atoms with Crippen molar-refractivity contribution in [2.75, 3.05) is 7.05 Å². The van der Waals surface area contributed by atoms with Crippen molar-refractivity contribution in [3.05, 3.63) is 48.0 Å². The summed E-state index contributed by atoms with van der Waals surface area (Å²) in [4.78, 5) is 23.0. The van der Waals surface area contributed by atoms with Gasteiger partial charge in [-0.2, -0.15) is 0 Å². The molecule has 1 aliphatic carbocycles. The van der Waals surface area contributed by atoms with E-state index in [0.29, 0.717) is 0 Å². The zero-order chi connectivity index (χ0) is 17.8. The van der Waals surface area contributed by atoms with Crippen LogP contribution in [-0.2, 0) is 16.8 Å². The molecule has 3 N–H and O–H groups in total. The third kappa shape index (κ3) is 2.44. The van der Waals surface area contributed by atoms with Crippen molar-refractivity contribution in [2.24, 2.45) is 11.1 Å². The minimum absolute atomic E-state index is 0.0118. The lowest BCUT2D eigenvalue weighted by molar-refractivity contribution is -0.133. The number of rotatable bonds is 1. The standard InChI is InChI=1S/C19H23N5O/c1-18(2)7-13-5-4-12(14-8-21-11-22-9-14)6-15(13)19(10-18)16(25)24(3)17(20)23-19/h4-6,8-9,11,17,23H,7,10,20H2,1-3H3/t17?,19-/m1/s1. The highest BCUT2D eigenvalue weighted by Gasteiger charge is 2.55. The van der Waals surface area contributed by atoms with Gasteiger partial charge in [0.2, 0.25) is 5.91 Å². The first-order chi connectivity index (χ1) is 11.8. The van der Waals surface area contributed by atoms with Crippen molar-refractivity contribution in [3.63, 3.8) is 0 Å². The molecular formula is C19H23N5O. The van der Waals surface area contributed by atoms with E-state index in [4.69, 9.17) is 5.73 Å². The van der Waals surface area contributed by atoms with Crippen molar-refractivity contribution < 1.29 is 4.79 Å². The highest BCUT2D eigenvalue weighted by molar-refractivity contribution is 5.91. The molecule has 25 heavy (non-hydrogen) atoms. The van der Waals surface area contributed by atoms with E-state index < -0.39 is 11.8 Å². The van der Waals surface area contributed by atoms with Crippen LogP contribution < -0.4 is 11.1 Å². The molecule has 1 amide bonds. The van der Waals surface area contributed by atoms with Crippen LogP contribution in [0.4, 0.5) is 0 Å². The quantitative estimate of drug-likeness (QED) is 0.826. The fraction of sp³-hybridized carbons (Fsp3) is 0.421. The predicted octanol–water partition coefficient (Wildman–Crippen LogP) is 1.62. The molecule has 1 aromatic carbocycles. The van der Waals surface area contributed by atoms with Gasteiger partial charge in [0.25, 0.3) is 0 Å². The zero-order valence-corrected chi connectivity index (χ0v) is 14.8. The van der Waals surface area contributed by atoms with Gasteiger partial charge in [0.15, 0.2) is 0 Å². The van der Waals surface area contributed by atoms with E-state index in [1.54, 1.807) is 24.3 Å². The van der Waals surface area contributed by atoms with Crippen LogP contribution in [-0.4, -0.2) is 34.1 Å². The summed E-state index contributed by atoms with van der Waals surface area (Å²) in [5, 5.41) is 3.38. The Morgan fingerprint density at radius 3 is 2.60 bits per heavy atom. The molecule has 4 rings (SSSR count). The number of nitrogens with one attached hydrogen (secondary N) is 1. The Hall–Kier alpha value is -2.31. The number of nitrogens with zero attached hydrogens (tertiary/aromatic N) is 3. The van der Waals surface area contributed by atoms with E-state index in [-0.39, 0.29) is 11.3 Å². The van der Waals surface area contributed by atoms with Gasteiger partial charge < -0.3 is 4.90 Å². The summed E-state index contributed by atoms with van der Waals surface area (Å²) in [7, 11) is 1.75. The molecule has 2 atom stereocenters. The molecule has 0 bridgehead atoms. The summed E-state index contributed by atoms with van der Waals surface area (Å²) in [5.74, 6) is 0.0375. The lowest BCUT2D eigenvalue weighted by Gasteiger charge is -2.43. The molecule has 1 aromatic heterocycles. The van der Waals surface area contributed by atoms with Crippen molar-refractivity contribution in [1.82, 2.24) is 20.2 Å². The van der Waals surface area contributed by atoms with Crippen LogP contribution in [0.15, 0.2) is 36.9 Å². The topological polar surface area (TPSA) is 84.1 Å². The number of nitrogens with two attached hydrogens (primary N) is 1. The van der Waals surface area contributed by atoms with Gasteiger partial charge >= 0.3 is 0 Å². The van der Waals surface area contributed by atoms with Gasteiger partial charge in [-0.25, -0.2) is 9.97 Å². The first kappa shape index (κ1) is 16.2. The zero-order valence-electron chi connectivity index (χ0n) is 14.8. The maximum atomic E-state index is 13.1. The van der Waals surface area contributed by atoms with Crippen molar-refractivity contribution >= 4 is 5.91 Å². The average Bonchev–Trinajstić information content (AvgIpc) is 2.79. The van der Waals surface area contributed by atoms with Crippen LogP contribution in [0.3, 0.4) is 0 Å². The maximum Gasteiger partial charge on any atom is 0.249 e. The van der Waals surface area contributed by atoms with Crippen molar-refractivity contribution in [1.29, 1.82) is 0 Å². The van der Waals surface area contributed by atoms with Crippen LogP contribution in [0.2, 0.25) is 0 Å². The van der Waals surface area contributed by atoms with Gasteiger partial charge in [0.05, 0.1) is 0 Å².